The number of ketones is 1. The first-order chi connectivity index (χ1) is 12.8. The highest BCUT2D eigenvalue weighted by Gasteiger charge is 2.61. The molecule has 146 valence electrons. The van der Waals surface area contributed by atoms with Crippen LogP contribution in [-0.4, -0.2) is 17.9 Å². The van der Waals surface area contributed by atoms with Crippen molar-refractivity contribution < 1.29 is 14.3 Å². The predicted octanol–water partition coefficient (Wildman–Crippen LogP) is 5.03. The fourth-order valence-corrected chi connectivity index (χ4v) is 7.15. The minimum absolute atomic E-state index is 0.00288. The molecule has 0 saturated heterocycles. The van der Waals surface area contributed by atoms with Gasteiger partial charge in [0.15, 0.2) is 5.78 Å². The molecule has 0 aromatic heterocycles. The van der Waals surface area contributed by atoms with Crippen LogP contribution in [0, 0.1) is 34.5 Å². The summed E-state index contributed by atoms with van der Waals surface area (Å²) in [6, 6.07) is 0. The standard InChI is InChI=1S/C24H32O3/c1-5-6-16-13-17-14-18(26)9-11-23(17,3)20-10-12-24(4)19(22(16)20)7-8-21(24)27-15(2)25/h5,9,11,14,16,19-22H,1,6-8,10,12-13H2,2-4H3/t16-,19+,20+,21+,22+,23+,24+/m1/s1. The highest BCUT2D eigenvalue weighted by Crippen LogP contribution is 2.66. The van der Waals surface area contributed by atoms with Gasteiger partial charge in [-0.3, -0.25) is 9.59 Å². The smallest absolute Gasteiger partial charge is 0.302 e. The minimum atomic E-state index is -0.152. The van der Waals surface area contributed by atoms with Gasteiger partial charge in [0.1, 0.15) is 6.10 Å². The first-order valence-electron chi connectivity index (χ1n) is 10.5. The Bertz CT molecular complexity index is 732. The van der Waals surface area contributed by atoms with Crippen LogP contribution < -0.4 is 0 Å². The summed E-state index contributed by atoms with van der Waals surface area (Å²) >= 11 is 0. The van der Waals surface area contributed by atoms with E-state index >= 15 is 0 Å². The molecule has 0 unspecified atom stereocenters. The second kappa shape index (κ2) is 6.46. The van der Waals surface area contributed by atoms with Crippen LogP contribution in [0.15, 0.2) is 36.5 Å². The van der Waals surface area contributed by atoms with Crippen molar-refractivity contribution >= 4 is 11.8 Å². The zero-order valence-electron chi connectivity index (χ0n) is 16.9. The van der Waals surface area contributed by atoms with Gasteiger partial charge in [0.25, 0.3) is 0 Å². The number of hydrogen-bond donors (Lipinski definition) is 0. The van der Waals surface area contributed by atoms with Gasteiger partial charge in [-0.1, -0.05) is 31.6 Å². The summed E-state index contributed by atoms with van der Waals surface area (Å²) in [5.74, 6) is 2.25. The maximum atomic E-state index is 12.0. The van der Waals surface area contributed by atoms with Gasteiger partial charge in [0.2, 0.25) is 0 Å². The average molecular weight is 369 g/mol. The molecule has 0 bridgehead atoms. The van der Waals surface area contributed by atoms with E-state index in [1.807, 2.05) is 6.08 Å². The Morgan fingerprint density at radius 1 is 1.30 bits per heavy atom. The second-order valence-corrected chi connectivity index (χ2v) is 9.69. The van der Waals surface area contributed by atoms with Crippen LogP contribution in [0.4, 0.5) is 0 Å². The number of carbonyl (C=O) groups is 2. The molecule has 0 aromatic rings. The van der Waals surface area contributed by atoms with Gasteiger partial charge in [-0.15, -0.1) is 6.58 Å². The highest BCUT2D eigenvalue weighted by atomic mass is 16.5. The zero-order valence-corrected chi connectivity index (χ0v) is 16.9. The molecule has 3 heteroatoms. The Labute approximate surface area is 162 Å². The SMILES string of the molecule is C=CC[C@@H]1CC2=CC(=O)C=C[C@]2(C)[C@H]2CC[C@]3(C)[C@@H](OC(C)=O)CC[C@H]3[C@H]12. The number of hydrogen-bond acceptors (Lipinski definition) is 3. The minimum Gasteiger partial charge on any atom is -0.462 e. The van der Waals surface area contributed by atoms with Crippen LogP contribution in [0.3, 0.4) is 0 Å². The topological polar surface area (TPSA) is 43.4 Å². The van der Waals surface area contributed by atoms with E-state index in [1.54, 1.807) is 6.08 Å². The largest absolute Gasteiger partial charge is 0.462 e. The van der Waals surface area contributed by atoms with E-state index in [1.165, 1.54) is 12.5 Å². The number of rotatable bonds is 3. The summed E-state index contributed by atoms with van der Waals surface area (Å²) in [7, 11) is 0. The Kier molecular flexibility index (Phi) is 4.48. The van der Waals surface area contributed by atoms with Gasteiger partial charge in [-0.05, 0) is 74.3 Å². The van der Waals surface area contributed by atoms with Crippen LogP contribution in [0.1, 0.15) is 59.3 Å². The van der Waals surface area contributed by atoms with Gasteiger partial charge in [-0.2, -0.15) is 0 Å². The lowest BCUT2D eigenvalue weighted by Gasteiger charge is -2.59. The Balaban J connectivity index is 1.72. The van der Waals surface area contributed by atoms with Gasteiger partial charge >= 0.3 is 5.97 Å². The van der Waals surface area contributed by atoms with Crippen molar-refractivity contribution in [3.8, 4) is 0 Å². The monoisotopic (exact) mass is 368 g/mol. The van der Waals surface area contributed by atoms with E-state index in [4.69, 9.17) is 4.74 Å². The van der Waals surface area contributed by atoms with Gasteiger partial charge < -0.3 is 4.74 Å². The lowest BCUT2D eigenvalue weighted by atomic mass is 9.45. The molecule has 3 fully saturated rings. The van der Waals surface area contributed by atoms with Crippen molar-refractivity contribution in [2.75, 3.05) is 0 Å². The molecule has 7 atom stereocenters. The third kappa shape index (κ3) is 2.77. The summed E-state index contributed by atoms with van der Waals surface area (Å²) in [5.41, 5.74) is 1.40. The Hall–Kier alpha value is -1.64. The summed E-state index contributed by atoms with van der Waals surface area (Å²) in [6.45, 7) is 10.2. The fourth-order valence-electron chi connectivity index (χ4n) is 7.15. The molecule has 0 heterocycles. The maximum Gasteiger partial charge on any atom is 0.302 e. The highest BCUT2D eigenvalue weighted by molar-refractivity contribution is 6.01. The van der Waals surface area contributed by atoms with Crippen molar-refractivity contribution in [3.63, 3.8) is 0 Å². The molecule has 0 amide bonds. The number of allylic oxidation sites excluding steroid dienone is 5. The molecule has 4 rings (SSSR count). The Morgan fingerprint density at radius 3 is 2.78 bits per heavy atom. The first kappa shape index (κ1) is 18.7. The fraction of sp³-hybridized carbons (Fsp3) is 0.667. The molecule has 0 spiro atoms. The quantitative estimate of drug-likeness (QED) is 0.518. The molecule has 27 heavy (non-hydrogen) atoms. The molecule has 0 aromatic carbocycles. The van der Waals surface area contributed by atoms with Crippen LogP contribution in [0.5, 0.6) is 0 Å². The third-order valence-corrected chi connectivity index (χ3v) is 8.42. The second-order valence-electron chi connectivity index (χ2n) is 9.69. The number of esters is 1. The third-order valence-electron chi connectivity index (χ3n) is 8.42. The number of ether oxygens (including phenoxy) is 1. The molecule has 0 radical (unpaired) electrons. The van der Waals surface area contributed by atoms with Crippen LogP contribution in [-0.2, 0) is 14.3 Å². The van der Waals surface area contributed by atoms with Crippen molar-refractivity contribution in [1.29, 1.82) is 0 Å². The van der Waals surface area contributed by atoms with E-state index in [2.05, 4.69) is 32.6 Å². The van der Waals surface area contributed by atoms with Gasteiger partial charge in [0.05, 0.1) is 0 Å². The summed E-state index contributed by atoms with van der Waals surface area (Å²) in [6.07, 6.45) is 14.3. The lowest BCUT2D eigenvalue weighted by molar-refractivity contribution is -0.157. The predicted molar refractivity (Wildman–Crippen MR) is 106 cm³/mol. The average Bonchev–Trinajstić information content (AvgIpc) is 2.92. The van der Waals surface area contributed by atoms with Crippen LogP contribution in [0.25, 0.3) is 0 Å². The summed E-state index contributed by atoms with van der Waals surface area (Å²) in [4.78, 5) is 23.7. The number of carbonyl (C=O) groups excluding carboxylic acids is 2. The van der Waals surface area contributed by atoms with Crippen LogP contribution >= 0.6 is 0 Å². The summed E-state index contributed by atoms with van der Waals surface area (Å²) < 4.78 is 5.78. The lowest BCUT2D eigenvalue weighted by Crippen LogP contribution is -2.53. The summed E-state index contributed by atoms with van der Waals surface area (Å²) in [5, 5.41) is 0. The normalized spacial score (nSPS) is 45.4. The molecular formula is C24H32O3. The molecule has 4 aliphatic carbocycles. The van der Waals surface area contributed by atoms with Crippen molar-refractivity contribution in [1.82, 2.24) is 0 Å². The molecule has 0 aliphatic heterocycles. The van der Waals surface area contributed by atoms with E-state index < -0.39 is 0 Å². The van der Waals surface area contributed by atoms with Crippen molar-refractivity contribution in [2.45, 2.75) is 65.4 Å². The van der Waals surface area contributed by atoms with E-state index in [0.29, 0.717) is 23.7 Å². The van der Waals surface area contributed by atoms with E-state index in [-0.39, 0.29) is 28.7 Å². The van der Waals surface area contributed by atoms with E-state index in [0.717, 1.165) is 38.5 Å². The molecule has 3 nitrogen and oxygen atoms in total. The molecule has 3 saturated carbocycles. The maximum absolute atomic E-state index is 12.0. The van der Waals surface area contributed by atoms with Gasteiger partial charge in [0, 0.05) is 17.8 Å². The first-order valence-corrected chi connectivity index (χ1v) is 10.5. The van der Waals surface area contributed by atoms with E-state index in [9.17, 15) is 9.59 Å². The van der Waals surface area contributed by atoms with Gasteiger partial charge in [-0.25, -0.2) is 0 Å². The number of fused-ring (bicyclic) bond motifs is 5. The van der Waals surface area contributed by atoms with Crippen LogP contribution in [0.2, 0.25) is 0 Å². The molecule has 4 aliphatic rings. The van der Waals surface area contributed by atoms with Crippen molar-refractivity contribution in [3.05, 3.63) is 36.5 Å². The molecular weight excluding hydrogens is 336 g/mol. The molecule has 0 N–H and O–H groups in total. The Morgan fingerprint density at radius 2 is 2.07 bits per heavy atom. The van der Waals surface area contributed by atoms with Crippen molar-refractivity contribution in [2.24, 2.45) is 34.5 Å². The zero-order chi connectivity index (χ0) is 19.4.